The zero-order chi connectivity index (χ0) is 19.6. The Morgan fingerprint density at radius 1 is 0.929 bits per heavy atom. The van der Waals surface area contributed by atoms with Gasteiger partial charge >= 0.3 is 0 Å². The summed E-state index contributed by atoms with van der Waals surface area (Å²) in [5, 5.41) is 0. The van der Waals surface area contributed by atoms with Crippen LogP contribution in [-0.2, 0) is 16.6 Å². The molecule has 0 bridgehead atoms. The van der Waals surface area contributed by atoms with Crippen molar-refractivity contribution < 1.29 is 13.2 Å². The first-order valence-electron chi connectivity index (χ1n) is 8.51. The molecule has 0 N–H and O–H groups in total. The van der Waals surface area contributed by atoms with E-state index in [2.05, 4.69) is 8.75 Å². The third-order valence-electron chi connectivity index (χ3n) is 4.35. The van der Waals surface area contributed by atoms with E-state index >= 15 is 0 Å². The second kappa shape index (κ2) is 7.57. The number of hydrogen-bond donors (Lipinski definition) is 0. The summed E-state index contributed by atoms with van der Waals surface area (Å²) in [6.45, 7) is 0.198. The van der Waals surface area contributed by atoms with E-state index in [0.29, 0.717) is 22.5 Å². The van der Waals surface area contributed by atoms with Crippen molar-refractivity contribution in [1.82, 2.24) is 8.75 Å². The Kier molecular flexibility index (Phi) is 4.97. The van der Waals surface area contributed by atoms with E-state index in [1.807, 2.05) is 30.3 Å². The number of benzene rings is 3. The second-order valence-electron chi connectivity index (χ2n) is 6.08. The minimum Gasteiger partial charge on any atom is -0.497 e. The lowest BCUT2D eigenvalue weighted by Gasteiger charge is -2.25. The SMILES string of the molecule is COc1ccc(N(Cc2ccccc2)S(=O)(=O)c2cccc3nsnc23)cc1. The Balaban J connectivity index is 1.84. The van der Waals surface area contributed by atoms with E-state index in [0.717, 1.165) is 17.3 Å². The summed E-state index contributed by atoms with van der Waals surface area (Å²) >= 11 is 1.00. The molecule has 8 heteroatoms. The van der Waals surface area contributed by atoms with Gasteiger partial charge in [0.2, 0.25) is 0 Å². The van der Waals surface area contributed by atoms with Crippen molar-refractivity contribution in [3.05, 3.63) is 78.4 Å². The third kappa shape index (κ3) is 3.44. The van der Waals surface area contributed by atoms with Crippen LogP contribution in [0.2, 0.25) is 0 Å². The van der Waals surface area contributed by atoms with Crippen LogP contribution in [0.15, 0.2) is 77.7 Å². The highest BCUT2D eigenvalue weighted by molar-refractivity contribution is 7.93. The Labute approximate surface area is 167 Å². The maximum atomic E-state index is 13.6. The minimum absolute atomic E-state index is 0.144. The van der Waals surface area contributed by atoms with Gasteiger partial charge in [0.15, 0.2) is 0 Å². The lowest BCUT2D eigenvalue weighted by molar-refractivity contribution is 0.415. The predicted molar refractivity (Wildman–Crippen MR) is 110 cm³/mol. The molecule has 0 radical (unpaired) electrons. The summed E-state index contributed by atoms with van der Waals surface area (Å²) < 4.78 is 42.2. The van der Waals surface area contributed by atoms with Gasteiger partial charge in [0.25, 0.3) is 10.0 Å². The molecule has 0 spiro atoms. The number of methoxy groups -OCH3 is 1. The van der Waals surface area contributed by atoms with Crippen LogP contribution in [0.25, 0.3) is 11.0 Å². The zero-order valence-corrected chi connectivity index (χ0v) is 16.7. The molecule has 0 fully saturated rings. The van der Waals surface area contributed by atoms with E-state index in [1.54, 1.807) is 49.6 Å². The average molecular weight is 412 g/mol. The number of anilines is 1. The van der Waals surface area contributed by atoms with Crippen molar-refractivity contribution in [1.29, 1.82) is 0 Å². The summed E-state index contributed by atoms with van der Waals surface area (Å²) in [7, 11) is -2.30. The molecule has 0 aliphatic carbocycles. The maximum Gasteiger partial charge on any atom is 0.266 e. The highest BCUT2D eigenvalue weighted by Gasteiger charge is 2.28. The molecule has 0 unspecified atom stereocenters. The topological polar surface area (TPSA) is 72.4 Å². The van der Waals surface area contributed by atoms with Crippen LogP contribution < -0.4 is 9.04 Å². The number of rotatable bonds is 6. The van der Waals surface area contributed by atoms with Crippen molar-refractivity contribution in [3.63, 3.8) is 0 Å². The molecule has 4 rings (SSSR count). The number of aromatic nitrogens is 2. The smallest absolute Gasteiger partial charge is 0.266 e. The first-order chi connectivity index (χ1) is 13.6. The normalized spacial score (nSPS) is 11.5. The van der Waals surface area contributed by atoms with Crippen LogP contribution in [0, 0.1) is 0 Å². The van der Waals surface area contributed by atoms with Gasteiger partial charge < -0.3 is 4.74 Å². The van der Waals surface area contributed by atoms with E-state index in [9.17, 15) is 8.42 Å². The average Bonchev–Trinajstić information content (AvgIpc) is 3.21. The molecule has 3 aromatic carbocycles. The number of sulfonamides is 1. The summed E-state index contributed by atoms with van der Waals surface area (Å²) in [4.78, 5) is 0.144. The summed E-state index contributed by atoms with van der Waals surface area (Å²) in [5.74, 6) is 0.659. The molecule has 0 saturated carbocycles. The van der Waals surface area contributed by atoms with Gasteiger partial charge in [0.05, 0.1) is 31.1 Å². The van der Waals surface area contributed by atoms with Crippen molar-refractivity contribution in [2.75, 3.05) is 11.4 Å². The zero-order valence-electron chi connectivity index (χ0n) is 15.0. The molecule has 142 valence electrons. The van der Waals surface area contributed by atoms with Gasteiger partial charge in [0, 0.05) is 0 Å². The van der Waals surface area contributed by atoms with Crippen LogP contribution >= 0.6 is 11.7 Å². The Morgan fingerprint density at radius 2 is 1.68 bits per heavy atom. The molecule has 0 saturated heterocycles. The highest BCUT2D eigenvalue weighted by atomic mass is 32.2. The monoisotopic (exact) mass is 411 g/mol. The molecule has 28 heavy (non-hydrogen) atoms. The maximum absolute atomic E-state index is 13.6. The van der Waals surface area contributed by atoms with Gasteiger partial charge in [-0.15, -0.1) is 0 Å². The Bertz CT molecular complexity index is 1190. The third-order valence-corrected chi connectivity index (χ3v) is 6.69. The van der Waals surface area contributed by atoms with E-state index in [-0.39, 0.29) is 11.4 Å². The standard InChI is InChI=1S/C20H17N3O3S2/c1-26-17-12-10-16(11-13-17)23(14-15-6-3-2-4-7-15)28(24,25)19-9-5-8-18-20(19)22-27-21-18/h2-13H,14H2,1H3. The molecule has 1 heterocycles. The van der Waals surface area contributed by atoms with E-state index in [1.165, 1.54) is 4.31 Å². The van der Waals surface area contributed by atoms with Gasteiger partial charge in [-0.1, -0.05) is 36.4 Å². The fraction of sp³-hybridized carbons (Fsp3) is 0.100. The van der Waals surface area contributed by atoms with Crippen molar-refractivity contribution >= 4 is 38.5 Å². The fourth-order valence-corrected chi connectivity index (χ4v) is 5.13. The second-order valence-corrected chi connectivity index (χ2v) is 8.44. The van der Waals surface area contributed by atoms with Gasteiger partial charge in [-0.2, -0.15) is 8.75 Å². The first-order valence-corrected chi connectivity index (χ1v) is 10.7. The molecule has 0 aliphatic heterocycles. The van der Waals surface area contributed by atoms with Gasteiger partial charge in [-0.25, -0.2) is 8.42 Å². The minimum atomic E-state index is -3.87. The lowest BCUT2D eigenvalue weighted by Crippen LogP contribution is -2.30. The van der Waals surface area contributed by atoms with Gasteiger partial charge in [-0.05, 0) is 42.0 Å². The molecular weight excluding hydrogens is 394 g/mol. The first kappa shape index (κ1) is 18.4. The van der Waals surface area contributed by atoms with Crippen molar-refractivity contribution in [2.24, 2.45) is 0 Å². The number of hydrogen-bond acceptors (Lipinski definition) is 6. The molecule has 6 nitrogen and oxygen atoms in total. The van der Waals surface area contributed by atoms with Crippen LogP contribution in [0.4, 0.5) is 5.69 Å². The lowest BCUT2D eigenvalue weighted by atomic mass is 10.2. The fourth-order valence-electron chi connectivity index (χ4n) is 2.92. The van der Waals surface area contributed by atoms with Crippen molar-refractivity contribution in [2.45, 2.75) is 11.4 Å². The highest BCUT2D eigenvalue weighted by Crippen LogP contribution is 2.30. The van der Waals surface area contributed by atoms with E-state index < -0.39 is 10.0 Å². The van der Waals surface area contributed by atoms with E-state index in [4.69, 9.17) is 4.74 Å². The molecule has 4 aromatic rings. The summed E-state index contributed by atoms with van der Waals surface area (Å²) in [5.41, 5.74) is 2.38. The Hall–Kier alpha value is -2.97. The molecule has 0 aliphatic rings. The quantitative estimate of drug-likeness (QED) is 0.478. The van der Waals surface area contributed by atoms with Crippen LogP contribution in [0.1, 0.15) is 5.56 Å². The number of ether oxygens (including phenoxy) is 1. The van der Waals surface area contributed by atoms with Gasteiger partial charge in [0.1, 0.15) is 21.7 Å². The molecule has 1 aromatic heterocycles. The Morgan fingerprint density at radius 3 is 2.39 bits per heavy atom. The molecule has 0 amide bonds. The molecular formula is C20H17N3O3S2. The van der Waals surface area contributed by atoms with Crippen LogP contribution in [0.3, 0.4) is 0 Å². The summed E-state index contributed by atoms with van der Waals surface area (Å²) in [6, 6.07) is 21.4. The van der Waals surface area contributed by atoms with Crippen molar-refractivity contribution in [3.8, 4) is 5.75 Å². The largest absolute Gasteiger partial charge is 0.497 e. The van der Waals surface area contributed by atoms with Crippen LogP contribution in [-0.4, -0.2) is 24.3 Å². The van der Waals surface area contributed by atoms with Crippen LogP contribution in [0.5, 0.6) is 5.75 Å². The predicted octanol–water partition coefficient (Wildman–Crippen LogP) is 4.10. The number of nitrogens with zero attached hydrogens (tertiary/aromatic N) is 3. The molecule has 0 atom stereocenters. The van der Waals surface area contributed by atoms with Gasteiger partial charge in [-0.3, -0.25) is 4.31 Å². The summed E-state index contributed by atoms with van der Waals surface area (Å²) in [6.07, 6.45) is 0. The number of fused-ring (bicyclic) bond motifs is 1.